The molecule has 3 heteroatoms. The molecule has 0 aromatic carbocycles. The molecule has 0 aliphatic heterocycles. The molecule has 0 aromatic rings. The van der Waals surface area contributed by atoms with Gasteiger partial charge in [-0.15, -0.1) is 0 Å². The Morgan fingerprint density at radius 2 is 1.88 bits per heavy atom. The molecule has 0 bridgehead atoms. The van der Waals surface area contributed by atoms with Crippen molar-refractivity contribution in [2.45, 2.75) is 70.8 Å². The lowest BCUT2D eigenvalue weighted by Gasteiger charge is -2.36. The Hall–Kier alpha value is -0.313. The summed E-state index contributed by atoms with van der Waals surface area (Å²) in [7, 11) is -1.70. The van der Waals surface area contributed by atoms with E-state index < -0.39 is 14.0 Å². The molecule has 0 N–H and O–H groups in total. The van der Waals surface area contributed by atoms with Gasteiger partial charge < -0.3 is 4.43 Å². The van der Waals surface area contributed by atoms with Crippen LogP contribution in [0.15, 0.2) is 11.8 Å². The van der Waals surface area contributed by atoms with Gasteiger partial charge in [0, 0.05) is 0 Å². The van der Waals surface area contributed by atoms with Crippen LogP contribution in [-0.2, 0) is 4.43 Å². The second kappa shape index (κ2) is 5.35. The minimum absolute atomic E-state index is 0.612. The second-order valence-corrected chi connectivity index (χ2v) is 9.70. The third-order valence-electron chi connectivity index (χ3n) is 3.95. The molecule has 16 heavy (non-hydrogen) atoms. The number of halogens is 1. The van der Waals surface area contributed by atoms with Crippen LogP contribution in [0.4, 0.5) is 4.39 Å². The van der Waals surface area contributed by atoms with E-state index in [4.69, 9.17) is 4.43 Å². The molecule has 1 aliphatic carbocycles. The summed E-state index contributed by atoms with van der Waals surface area (Å²) in [5.74, 6) is 0.635. The minimum Gasteiger partial charge on any atom is -0.544 e. The van der Waals surface area contributed by atoms with Gasteiger partial charge in [0.05, 0.1) is 0 Å². The van der Waals surface area contributed by atoms with Crippen molar-refractivity contribution in [1.29, 1.82) is 0 Å². The lowest BCUT2D eigenvalue weighted by Crippen LogP contribution is -2.40. The Morgan fingerprint density at radius 1 is 1.31 bits per heavy atom. The third-order valence-corrected chi connectivity index (χ3v) is 8.47. The molecule has 1 unspecified atom stereocenters. The average molecular weight is 244 g/mol. The molecule has 0 radical (unpaired) electrons. The van der Waals surface area contributed by atoms with E-state index in [1.807, 2.05) is 6.08 Å². The fraction of sp³-hybridized carbons (Fsp3) is 0.846. The van der Waals surface area contributed by atoms with E-state index in [9.17, 15) is 4.39 Å². The highest BCUT2D eigenvalue weighted by Gasteiger charge is 2.39. The molecule has 0 aromatic heterocycles. The predicted molar refractivity (Wildman–Crippen MR) is 69.7 cm³/mol. The minimum atomic E-state index is -1.70. The van der Waals surface area contributed by atoms with E-state index >= 15 is 0 Å². The summed E-state index contributed by atoms with van der Waals surface area (Å²) >= 11 is 0. The standard InChI is InChI=1S/C13H25FOSi/c1-5-16(6-2,7-3)15-12-10-8-9-11-13(12,4)14/h10H,5-9,11H2,1-4H3. The number of allylic oxidation sites excluding steroid dienone is 2. The van der Waals surface area contributed by atoms with Crippen LogP contribution in [0, 0.1) is 0 Å². The SMILES string of the molecule is CC[Si](CC)(CC)OC1=CCCCC1(C)F. The van der Waals surface area contributed by atoms with Crippen molar-refractivity contribution in [2.24, 2.45) is 0 Å². The molecule has 1 rings (SSSR count). The maximum Gasteiger partial charge on any atom is 0.250 e. The van der Waals surface area contributed by atoms with Crippen molar-refractivity contribution < 1.29 is 8.82 Å². The lowest BCUT2D eigenvalue weighted by molar-refractivity contribution is 0.139. The molecule has 0 amide bonds. The number of hydrogen-bond donors (Lipinski definition) is 0. The molecule has 0 spiro atoms. The molecule has 1 aliphatic rings. The van der Waals surface area contributed by atoms with Crippen LogP contribution in [0.1, 0.15) is 47.0 Å². The quantitative estimate of drug-likeness (QED) is 0.631. The van der Waals surface area contributed by atoms with Gasteiger partial charge in [-0.2, -0.15) is 0 Å². The van der Waals surface area contributed by atoms with Gasteiger partial charge in [0.25, 0.3) is 0 Å². The van der Waals surface area contributed by atoms with Gasteiger partial charge >= 0.3 is 0 Å². The van der Waals surface area contributed by atoms with Gasteiger partial charge in [0.1, 0.15) is 5.76 Å². The number of rotatable bonds is 5. The van der Waals surface area contributed by atoms with Crippen LogP contribution < -0.4 is 0 Å². The summed E-state index contributed by atoms with van der Waals surface area (Å²) in [6.45, 7) is 8.20. The van der Waals surface area contributed by atoms with E-state index in [0.717, 1.165) is 31.0 Å². The largest absolute Gasteiger partial charge is 0.544 e. The molecule has 1 atom stereocenters. The van der Waals surface area contributed by atoms with Crippen LogP contribution in [0.5, 0.6) is 0 Å². The fourth-order valence-corrected chi connectivity index (χ4v) is 5.05. The zero-order valence-corrected chi connectivity index (χ0v) is 12.1. The average Bonchev–Trinajstić information content (AvgIpc) is 2.28. The highest BCUT2D eigenvalue weighted by Crippen LogP contribution is 2.37. The van der Waals surface area contributed by atoms with Crippen molar-refractivity contribution in [3.05, 3.63) is 11.8 Å². The Morgan fingerprint density at radius 3 is 2.31 bits per heavy atom. The summed E-state index contributed by atoms with van der Waals surface area (Å²) in [6.07, 6.45) is 4.50. The maximum atomic E-state index is 14.3. The molecule has 1 nitrogen and oxygen atoms in total. The molecular formula is C13H25FOSi. The number of alkyl halides is 1. The summed E-state index contributed by atoms with van der Waals surface area (Å²) in [6, 6.07) is 3.23. The van der Waals surface area contributed by atoms with Gasteiger partial charge in [0.2, 0.25) is 8.32 Å². The van der Waals surface area contributed by atoms with Crippen LogP contribution in [0.25, 0.3) is 0 Å². The Balaban J connectivity index is 2.82. The summed E-state index contributed by atoms with van der Waals surface area (Å²) in [5.41, 5.74) is -1.23. The second-order valence-electron chi connectivity index (χ2n) is 5.00. The van der Waals surface area contributed by atoms with E-state index in [-0.39, 0.29) is 0 Å². The van der Waals surface area contributed by atoms with E-state index in [2.05, 4.69) is 20.8 Å². The van der Waals surface area contributed by atoms with Crippen molar-refractivity contribution in [3.63, 3.8) is 0 Å². The van der Waals surface area contributed by atoms with Crippen LogP contribution in [-0.4, -0.2) is 14.0 Å². The zero-order chi connectivity index (χ0) is 12.2. The fourth-order valence-electron chi connectivity index (χ4n) is 2.35. The first-order chi connectivity index (χ1) is 7.49. The lowest BCUT2D eigenvalue weighted by atomic mass is 9.93. The van der Waals surface area contributed by atoms with E-state index in [1.165, 1.54) is 0 Å². The number of hydrogen-bond acceptors (Lipinski definition) is 1. The maximum absolute atomic E-state index is 14.3. The van der Waals surface area contributed by atoms with Gasteiger partial charge in [0.15, 0.2) is 5.67 Å². The highest BCUT2D eigenvalue weighted by molar-refractivity contribution is 6.73. The Bertz CT molecular complexity index is 248. The van der Waals surface area contributed by atoms with Gasteiger partial charge in [-0.05, 0) is 50.4 Å². The highest BCUT2D eigenvalue weighted by atomic mass is 28.4. The van der Waals surface area contributed by atoms with E-state index in [1.54, 1.807) is 6.92 Å². The van der Waals surface area contributed by atoms with Crippen molar-refractivity contribution in [3.8, 4) is 0 Å². The molecule has 94 valence electrons. The van der Waals surface area contributed by atoms with Crippen molar-refractivity contribution in [2.75, 3.05) is 0 Å². The monoisotopic (exact) mass is 244 g/mol. The Labute approximate surface area is 100 Å². The summed E-state index contributed by atoms with van der Waals surface area (Å²) in [4.78, 5) is 0. The first kappa shape index (κ1) is 13.8. The zero-order valence-electron chi connectivity index (χ0n) is 11.1. The molecule has 0 heterocycles. The van der Waals surface area contributed by atoms with Gasteiger partial charge in [-0.3, -0.25) is 0 Å². The van der Waals surface area contributed by atoms with Crippen LogP contribution in [0.2, 0.25) is 18.1 Å². The summed E-state index contributed by atoms with van der Waals surface area (Å²) < 4.78 is 20.5. The van der Waals surface area contributed by atoms with Crippen molar-refractivity contribution in [1.82, 2.24) is 0 Å². The normalized spacial score (nSPS) is 26.4. The third kappa shape index (κ3) is 2.87. The van der Waals surface area contributed by atoms with Gasteiger partial charge in [-0.1, -0.05) is 20.8 Å². The van der Waals surface area contributed by atoms with Crippen molar-refractivity contribution >= 4 is 8.32 Å². The van der Waals surface area contributed by atoms with Gasteiger partial charge in [-0.25, -0.2) is 4.39 Å². The molecule has 0 saturated heterocycles. The molecule has 0 fully saturated rings. The Kier molecular flexibility index (Phi) is 4.59. The first-order valence-corrected chi connectivity index (χ1v) is 9.11. The smallest absolute Gasteiger partial charge is 0.250 e. The molecule has 0 saturated carbocycles. The first-order valence-electron chi connectivity index (χ1n) is 6.58. The van der Waals surface area contributed by atoms with Crippen LogP contribution in [0.3, 0.4) is 0 Å². The van der Waals surface area contributed by atoms with E-state index in [0.29, 0.717) is 12.2 Å². The molecular weight excluding hydrogens is 219 g/mol. The summed E-state index contributed by atoms with van der Waals surface area (Å²) in [5, 5.41) is 0. The predicted octanol–water partition coefficient (Wildman–Crippen LogP) is 4.80. The van der Waals surface area contributed by atoms with Crippen LogP contribution >= 0.6 is 0 Å². The topological polar surface area (TPSA) is 9.23 Å².